The molecule has 0 radical (unpaired) electrons. The van der Waals surface area contributed by atoms with Crippen LogP contribution in [0.15, 0.2) is 30.9 Å². The summed E-state index contributed by atoms with van der Waals surface area (Å²) >= 11 is 0. The third kappa shape index (κ3) is 2.88. The van der Waals surface area contributed by atoms with Crippen molar-refractivity contribution >= 4 is 0 Å². The zero-order chi connectivity index (χ0) is 12.1. The SMILES string of the molecule is CCCn1ccnc1CC(N)c1ccnnc1. The van der Waals surface area contributed by atoms with Crippen LogP contribution in [0.1, 0.15) is 30.8 Å². The molecule has 0 bridgehead atoms. The maximum atomic E-state index is 6.13. The summed E-state index contributed by atoms with van der Waals surface area (Å²) in [6, 6.07) is 1.81. The van der Waals surface area contributed by atoms with Crippen molar-refractivity contribution in [2.24, 2.45) is 5.73 Å². The molecule has 0 amide bonds. The quantitative estimate of drug-likeness (QED) is 0.842. The molecule has 0 saturated carbocycles. The van der Waals surface area contributed by atoms with E-state index in [0.717, 1.165) is 30.8 Å². The Kier molecular flexibility index (Phi) is 3.82. The number of aromatic nitrogens is 4. The first-order chi connectivity index (χ1) is 8.31. The normalized spacial score (nSPS) is 12.6. The van der Waals surface area contributed by atoms with Gasteiger partial charge in [-0.05, 0) is 18.1 Å². The van der Waals surface area contributed by atoms with Gasteiger partial charge in [0, 0.05) is 37.6 Å². The molecule has 5 nitrogen and oxygen atoms in total. The van der Waals surface area contributed by atoms with E-state index < -0.39 is 0 Å². The molecular weight excluding hydrogens is 214 g/mol. The Balaban J connectivity index is 2.08. The van der Waals surface area contributed by atoms with E-state index in [1.54, 1.807) is 12.4 Å². The molecule has 2 heterocycles. The first-order valence-electron chi connectivity index (χ1n) is 5.83. The summed E-state index contributed by atoms with van der Waals surface area (Å²) in [5.74, 6) is 1.02. The van der Waals surface area contributed by atoms with Crippen molar-refractivity contribution < 1.29 is 0 Å². The standard InChI is InChI=1S/C12H17N5/c1-2-6-17-7-5-14-12(17)8-11(13)10-3-4-15-16-9-10/h3-5,7,9,11H,2,6,8,13H2,1H3. The third-order valence-corrected chi connectivity index (χ3v) is 2.70. The molecule has 0 spiro atoms. The highest BCUT2D eigenvalue weighted by atomic mass is 15.1. The molecule has 2 aromatic rings. The number of nitrogens with zero attached hydrogens (tertiary/aromatic N) is 4. The summed E-state index contributed by atoms with van der Waals surface area (Å²) in [5, 5.41) is 7.58. The van der Waals surface area contributed by atoms with E-state index in [9.17, 15) is 0 Å². The van der Waals surface area contributed by atoms with E-state index in [2.05, 4.69) is 26.7 Å². The second-order valence-corrected chi connectivity index (χ2v) is 4.02. The maximum absolute atomic E-state index is 6.13. The van der Waals surface area contributed by atoms with Crippen LogP contribution in [-0.4, -0.2) is 19.7 Å². The molecular formula is C12H17N5. The van der Waals surface area contributed by atoms with Crippen LogP contribution in [0, 0.1) is 0 Å². The molecule has 0 aliphatic rings. The highest BCUT2D eigenvalue weighted by Crippen LogP contribution is 2.13. The molecule has 5 heteroatoms. The van der Waals surface area contributed by atoms with Crippen LogP contribution in [-0.2, 0) is 13.0 Å². The van der Waals surface area contributed by atoms with Crippen molar-refractivity contribution in [3.05, 3.63) is 42.2 Å². The smallest absolute Gasteiger partial charge is 0.110 e. The minimum absolute atomic E-state index is 0.0801. The van der Waals surface area contributed by atoms with Gasteiger partial charge in [0.15, 0.2) is 0 Å². The van der Waals surface area contributed by atoms with Crippen molar-refractivity contribution in [2.75, 3.05) is 0 Å². The van der Waals surface area contributed by atoms with E-state index in [-0.39, 0.29) is 6.04 Å². The van der Waals surface area contributed by atoms with Gasteiger partial charge in [-0.2, -0.15) is 10.2 Å². The minimum atomic E-state index is -0.0801. The minimum Gasteiger partial charge on any atom is -0.335 e. The summed E-state index contributed by atoms with van der Waals surface area (Å²) in [4.78, 5) is 4.35. The van der Waals surface area contributed by atoms with E-state index in [1.807, 2.05) is 18.5 Å². The van der Waals surface area contributed by atoms with Gasteiger partial charge in [0.2, 0.25) is 0 Å². The first kappa shape index (κ1) is 11.7. The van der Waals surface area contributed by atoms with E-state index in [0.29, 0.717) is 0 Å². The lowest BCUT2D eigenvalue weighted by Gasteiger charge is -2.12. The van der Waals surface area contributed by atoms with Gasteiger partial charge in [-0.3, -0.25) is 0 Å². The molecule has 0 saturated heterocycles. The van der Waals surface area contributed by atoms with Crippen LogP contribution in [0.2, 0.25) is 0 Å². The lowest BCUT2D eigenvalue weighted by molar-refractivity contribution is 0.597. The summed E-state index contributed by atoms with van der Waals surface area (Å²) in [5.41, 5.74) is 7.12. The first-order valence-corrected chi connectivity index (χ1v) is 5.83. The topological polar surface area (TPSA) is 69.6 Å². The number of rotatable bonds is 5. The van der Waals surface area contributed by atoms with Gasteiger partial charge < -0.3 is 10.3 Å². The molecule has 90 valence electrons. The van der Waals surface area contributed by atoms with Gasteiger partial charge in [-0.25, -0.2) is 4.98 Å². The van der Waals surface area contributed by atoms with Gasteiger partial charge in [0.25, 0.3) is 0 Å². The molecule has 0 aliphatic carbocycles. The Morgan fingerprint density at radius 1 is 1.35 bits per heavy atom. The number of imidazole rings is 1. The van der Waals surface area contributed by atoms with E-state index >= 15 is 0 Å². The largest absolute Gasteiger partial charge is 0.335 e. The fourth-order valence-corrected chi connectivity index (χ4v) is 1.81. The molecule has 0 aromatic carbocycles. The highest BCUT2D eigenvalue weighted by Gasteiger charge is 2.11. The zero-order valence-corrected chi connectivity index (χ0v) is 9.95. The van der Waals surface area contributed by atoms with Gasteiger partial charge >= 0.3 is 0 Å². The van der Waals surface area contributed by atoms with Crippen LogP contribution in [0.25, 0.3) is 0 Å². The molecule has 0 fully saturated rings. The average molecular weight is 231 g/mol. The van der Waals surface area contributed by atoms with Crippen molar-refractivity contribution in [3.63, 3.8) is 0 Å². The lowest BCUT2D eigenvalue weighted by atomic mass is 10.1. The molecule has 17 heavy (non-hydrogen) atoms. The van der Waals surface area contributed by atoms with Gasteiger partial charge in [-0.1, -0.05) is 6.92 Å². The predicted octanol–water partition coefficient (Wildman–Crippen LogP) is 1.33. The monoisotopic (exact) mass is 231 g/mol. The number of nitrogens with two attached hydrogens (primary N) is 1. The Morgan fingerprint density at radius 2 is 2.24 bits per heavy atom. The predicted molar refractivity (Wildman–Crippen MR) is 65.2 cm³/mol. The van der Waals surface area contributed by atoms with Crippen LogP contribution < -0.4 is 5.73 Å². The fraction of sp³-hybridized carbons (Fsp3) is 0.417. The Morgan fingerprint density at radius 3 is 2.94 bits per heavy atom. The summed E-state index contributed by atoms with van der Waals surface area (Å²) in [6.07, 6.45) is 9.00. The summed E-state index contributed by atoms with van der Waals surface area (Å²) in [7, 11) is 0. The van der Waals surface area contributed by atoms with Gasteiger partial charge in [0.05, 0.1) is 6.20 Å². The van der Waals surface area contributed by atoms with Crippen LogP contribution in [0.4, 0.5) is 0 Å². The second kappa shape index (κ2) is 5.54. The number of hydrogen-bond acceptors (Lipinski definition) is 4. The third-order valence-electron chi connectivity index (χ3n) is 2.70. The van der Waals surface area contributed by atoms with Crippen molar-refractivity contribution in [1.29, 1.82) is 0 Å². The molecule has 1 unspecified atom stereocenters. The van der Waals surface area contributed by atoms with Crippen LogP contribution in [0.3, 0.4) is 0 Å². The fourth-order valence-electron chi connectivity index (χ4n) is 1.81. The molecule has 2 aromatic heterocycles. The average Bonchev–Trinajstić information content (AvgIpc) is 2.78. The molecule has 2 rings (SSSR count). The summed E-state index contributed by atoms with van der Waals surface area (Å²) < 4.78 is 2.15. The second-order valence-electron chi connectivity index (χ2n) is 4.02. The Hall–Kier alpha value is -1.75. The molecule has 1 atom stereocenters. The summed E-state index contributed by atoms with van der Waals surface area (Å²) in [6.45, 7) is 3.13. The maximum Gasteiger partial charge on any atom is 0.110 e. The van der Waals surface area contributed by atoms with E-state index in [4.69, 9.17) is 5.73 Å². The van der Waals surface area contributed by atoms with Crippen molar-refractivity contribution in [2.45, 2.75) is 32.4 Å². The van der Waals surface area contributed by atoms with Crippen LogP contribution in [0.5, 0.6) is 0 Å². The van der Waals surface area contributed by atoms with Gasteiger partial charge in [0.1, 0.15) is 5.82 Å². The van der Waals surface area contributed by atoms with E-state index in [1.165, 1.54) is 0 Å². The Labute approximate surface area is 101 Å². The molecule has 2 N–H and O–H groups in total. The highest BCUT2D eigenvalue weighted by molar-refractivity contribution is 5.13. The zero-order valence-electron chi connectivity index (χ0n) is 9.95. The van der Waals surface area contributed by atoms with Crippen molar-refractivity contribution in [3.8, 4) is 0 Å². The number of aryl methyl sites for hydroxylation is 1. The Bertz CT molecular complexity index is 451. The van der Waals surface area contributed by atoms with Gasteiger partial charge in [-0.15, -0.1) is 0 Å². The lowest BCUT2D eigenvalue weighted by Crippen LogP contribution is -2.16. The molecule has 0 aliphatic heterocycles. The number of hydrogen-bond donors (Lipinski definition) is 1. The van der Waals surface area contributed by atoms with Crippen LogP contribution >= 0.6 is 0 Å². The van der Waals surface area contributed by atoms with Crippen molar-refractivity contribution in [1.82, 2.24) is 19.7 Å².